The molecule has 0 fully saturated rings. The van der Waals surface area contributed by atoms with E-state index < -0.39 is 0 Å². The number of ether oxygens (including phenoxy) is 2. The van der Waals surface area contributed by atoms with Crippen LogP contribution in [0.2, 0.25) is 0 Å². The Labute approximate surface area is 124 Å². The predicted molar refractivity (Wildman–Crippen MR) is 81.0 cm³/mol. The van der Waals surface area contributed by atoms with Crippen molar-refractivity contribution >= 4 is 0 Å². The highest BCUT2D eigenvalue weighted by Crippen LogP contribution is 2.17. The second-order valence-electron chi connectivity index (χ2n) is 4.63. The van der Waals surface area contributed by atoms with E-state index >= 15 is 0 Å². The van der Waals surface area contributed by atoms with Crippen molar-refractivity contribution in [2.75, 3.05) is 26.8 Å². The van der Waals surface area contributed by atoms with Gasteiger partial charge in [0.25, 0.3) is 0 Å². The molecule has 0 amide bonds. The lowest BCUT2D eigenvalue weighted by Gasteiger charge is -2.18. The molecule has 2 rings (SSSR count). The highest BCUT2D eigenvalue weighted by atomic mass is 19.1. The van der Waals surface area contributed by atoms with Crippen LogP contribution in [0.3, 0.4) is 0 Å². The van der Waals surface area contributed by atoms with Crippen molar-refractivity contribution in [2.45, 2.75) is 6.10 Å². The summed E-state index contributed by atoms with van der Waals surface area (Å²) in [5.41, 5.74) is 0.950. The fourth-order valence-electron chi connectivity index (χ4n) is 2.00. The summed E-state index contributed by atoms with van der Waals surface area (Å²) in [4.78, 5) is 0. The molecule has 2 aromatic rings. The van der Waals surface area contributed by atoms with Gasteiger partial charge in [-0.3, -0.25) is 0 Å². The van der Waals surface area contributed by atoms with Gasteiger partial charge in [0.15, 0.2) is 0 Å². The number of rotatable bonds is 8. The van der Waals surface area contributed by atoms with Gasteiger partial charge in [-0.15, -0.1) is 0 Å². The Morgan fingerprint density at radius 3 is 2.38 bits per heavy atom. The molecule has 0 aromatic heterocycles. The Hall–Kier alpha value is -1.91. The van der Waals surface area contributed by atoms with Gasteiger partial charge in [0.2, 0.25) is 0 Å². The van der Waals surface area contributed by atoms with Crippen molar-refractivity contribution in [3.05, 3.63) is 66.0 Å². The van der Waals surface area contributed by atoms with Gasteiger partial charge in [0, 0.05) is 6.54 Å². The number of halogens is 1. The molecule has 1 unspecified atom stereocenters. The fraction of sp³-hybridized carbons (Fsp3) is 0.294. The first-order valence-electron chi connectivity index (χ1n) is 6.99. The van der Waals surface area contributed by atoms with Crippen LogP contribution in [-0.2, 0) is 4.74 Å². The van der Waals surface area contributed by atoms with Gasteiger partial charge >= 0.3 is 0 Å². The minimum Gasteiger partial charge on any atom is -0.491 e. The molecule has 4 heteroatoms. The molecule has 1 N–H and O–H groups in total. The highest BCUT2D eigenvalue weighted by Gasteiger charge is 2.11. The zero-order valence-corrected chi connectivity index (χ0v) is 12.1. The molecule has 21 heavy (non-hydrogen) atoms. The minimum atomic E-state index is -0.241. The molecule has 0 spiro atoms. The van der Waals surface area contributed by atoms with Crippen molar-refractivity contribution in [3.8, 4) is 5.75 Å². The van der Waals surface area contributed by atoms with E-state index in [0.717, 1.165) is 11.3 Å². The van der Waals surface area contributed by atoms with Crippen molar-refractivity contribution in [1.82, 2.24) is 5.32 Å². The first-order valence-corrected chi connectivity index (χ1v) is 6.99. The molecular weight excluding hydrogens is 269 g/mol. The Kier molecular flexibility index (Phi) is 6.19. The average molecular weight is 289 g/mol. The minimum absolute atomic E-state index is 0.116. The van der Waals surface area contributed by atoms with E-state index in [-0.39, 0.29) is 11.9 Å². The largest absolute Gasteiger partial charge is 0.491 e. The van der Waals surface area contributed by atoms with Crippen molar-refractivity contribution < 1.29 is 13.9 Å². The first-order chi connectivity index (χ1) is 10.3. The van der Waals surface area contributed by atoms with E-state index in [1.807, 2.05) is 37.4 Å². The Morgan fingerprint density at radius 1 is 1.00 bits per heavy atom. The molecule has 0 aliphatic rings. The predicted octanol–water partition coefficient (Wildman–Crippen LogP) is 3.18. The maximum atomic E-state index is 13.0. The number of para-hydroxylation sites is 1. The maximum absolute atomic E-state index is 13.0. The van der Waals surface area contributed by atoms with Gasteiger partial charge in [-0.25, -0.2) is 4.39 Å². The molecule has 0 aliphatic heterocycles. The third-order valence-corrected chi connectivity index (χ3v) is 3.05. The summed E-state index contributed by atoms with van der Waals surface area (Å²) in [6, 6.07) is 16.0. The van der Waals surface area contributed by atoms with E-state index in [2.05, 4.69) is 5.32 Å². The second kappa shape index (κ2) is 8.39. The molecule has 0 aliphatic carbocycles. The van der Waals surface area contributed by atoms with Gasteiger partial charge in [-0.05, 0) is 36.9 Å². The summed E-state index contributed by atoms with van der Waals surface area (Å²) in [5.74, 6) is 0.586. The van der Waals surface area contributed by atoms with Gasteiger partial charge in [0.05, 0.1) is 12.7 Å². The monoisotopic (exact) mass is 289 g/mol. The summed E-state index contributed by atoms with van der Waals surface area (Å²) >= 11 is 0. The zero-order valence-electron chi connectivity index (χ0n) is 12.1. The van der Waals surface area contributed by atoms with E-state index in [0.29, 0.717) is 19.8 Å². The van der Waals surface area contributed by atoms with E-state index in [1.54, 1.807) is 12.1 Å². The smallest absolute Gasteiger partial charge is 0.123 e. The summed E-state index contributed by atoms with van der Waals surface area (Å²) in [6.07, 6.45) is -0.116. The standard InChI is InChI=1S/C17H20FNO2/c1-19-13-17(14-7-9-15(18)10-8-14)21-12-11-20-16-5-3-2-4-6-16/h2-10,17,19H,11-13H2,1H3. The topological polar surface area (TPSA) is 30.5 Å². The molecule has 0 saturated carbocycles. The molecule has 0 bridgehead atoms. The fourth-order valence-corrected chi connectivity index (χ4v) is 2.00. The SMILES string of the molecule is CNCC(OCCOc1ccccc1)c1ccc(F)cc1. The quantitative estimate of drug-likeness (QED) is 0.757. The Bertz CT molecular complexity index is 516. The van der Waals surface area contributed by atoms with E-state index in [9.17, 15) is 4.39 Å². The molecule has 3 nitrogen and oxygen atoms in total. The number of nitrogens with one attached hydrogen (secondary N) is 1. The van der Waals surface area contributed by atoms with Gasteiger partial charge in [-0.1, -0.05) is 30.3 Å². The van der Waals surface area contributed by atoms with E-state index in [4.69, 9.17) is 9.47 Å². The molecule has 2 aromatic carbocycles. The van der Waals surface area contributed by atoms with Crippen LogP contribution < -0.4 is 10.1 Å². The van der Waals surface area contributed by atoms with Crippen LogP contribution in [0, 0.1) is 5.82 Å². The lowest BCUT2D eigenvalue weighted by molar-refractivity contribution is 0.0341. The zero-order chi connectivity index (χ0) is 14.9. The van der Waals surface area contributed by atoms with Crippen molar-refractivity contribution in [2.24, 2.45) is 0 Å². The van der Waals surface area contributed by atoms with Gasteiger partial charge < -0.3 is 14.8 Å². The number of benzene rings is 2. The van der Waals surface area contributed by atoms with Gasteiger partial charge in [-0.2, -0.15) is 0 Å². The van der Waals surface area contributed by atoms with Crippen LogP contribution in [-0.4, -0.2) is 26.8 Å². The summed E-state index contributed by atoms with van der Waals surface area (Å²) in [5, 5.41) is 3.08. The lowest BCUT2D eigenvalue weighted by Crippen LogP contribution is -2.21. The number of hydrogen-bond acceptors (Lipinski definition) is 3. The van der Waals surface area contributed by atoms with Crippen LogP contribution in [0.5, 0.6) is 5.75 Å². The first kappa shape index (κ1) is 15.5. The number of hydrogen-bond donors (Lipinski definition) is 1. The van der Waals surface area contributed by atoms with E-state index in [1.165, 1.54) is 12.1 Å². The van der Waals surface area contributed by atoms with Crippen LogP contribution in [0.15, 0.2) is 54.6 Å². The van der Waals surface area contributed by atoms with Crippen LogP contribution in [0.25, 0.3) is 0 Å². The van der Waals surface area contributed by atoms with Crippen molar-refractivity contribution in [3.63, 3.8) is 0 Å². The summed E-state index contributed by atoms with van der Waals surface area (Å²) in [7, 11) is 1.86. The highest BCUT2D eigenvalue weighted by molar-refractivity contribution is 5.21. The second-order valence-corrected chi connectivity index (χ2v) is 4.63. The average Bonchev–Trinajstić information content (AvgIpc) is 2.52. The molecule has 0 radical (unpaired) electrons. The molecule has 1 atom stereocenters. The number of likely N-dealkylation sites (N-methyl/N-ethyl adjacent to an activating group) is 1. The third kappa shape index (κ3) is 5.17. The Balaban J connectivity index is 1.81. The summed E-state index contributed by atoms with van der Waals surface area (Å²) in [6.45, 7) is 1.61. The molecule has 112 valence electrons. The molecule has 0 saturated heterocycles. The van der Waals surface area contributed by atoms with Crippen molar-refractivity contribution in [1.29, 1.82) is 0 Å². The molecule has 0 heterocycles. The van der Waals surface area contributed by atoms with Crippen LogP contribution in [0.1, 0.15) is 11.7 Å². The maximum Gasteiger partial charge on any atom is 0.123 e. The Morgan fingerprint density at radius 2 is 1.71 bits per heavy atom. The lowest BCUT2D eigenvalue weighted by atomic mass is 10.1. The normalized spacial score (nSPS) is 12.1. The van der Waals surface area contributed by atoms with Crippen LogP contribution in [0.4, 0.5) is 4.39 Å². The third-order valence-electron chi connectivity index (χ3n) is 3.05. The molecular formula is C17H20FNO2. The van der Waals surface area contributed by atoms with Gasteiger partial charge in [0.1, 0.15) is 18.2 Å². The summed E-state index contributed by atoms with van der Waals surface area (Å²) < 4.78 is 24.4. The van der Waals surface area contributed by atoms with Crippen LogP contribution >= 0.6 is 0 Å².